The highest BCUT2D eigenvalue weighted by molar-refractivity contribution is 7.11. The number of benzene rings is 1. The molecular weight excluding hydrogens is 356 g/mol. The topological polar surface area (TPSA) is 72.9 Å². The number of amides is 1. The number of thiazole rings is 1. The normalized spacial score (nSPS) is 15.0. The van der Waals surface area contributed by atoms with Gasteiger partial charge in [-0.15, -0.1) is 11.3 Å². The molecule has 5 nitrogen and oxygen atoms in total. The molecule has 6 heteroatoms. The van der Waals surface area contributed by atoms with Crippen LogP contribution in [0.4, 0.5) is 0 Å². The number of carbonyl (C=O) groups excluding carboxylic acids is 1. The Morgan fingerprint density at radius 1 is 1.33 bits per heavy atom. The van der Waals surface area contributed by atoms with Crippen LogP contribution in [0.3, 0.4) is 0 Å². The first-order valence-corrected chi connectivity index (χ1v) is 10.5. The van der Waals surface area contributed by atoms with E-state index in [0.29, 0.717) is 13.0 Å². The Morgan fingerprint density at radius 2 is 2.15 bits per heavy atom. The van der Waals surface area contributed by atoms with Crippen LogP contribution < -0.4 is 11.1 Å². The lowest BCUT2D eigenvalue weighted by atomic mass is 10.0. The standard InChI is InChI=1S/C21H26N4OS/c1-14(21-24-17-7-3-5-9-19(17)27-21)23-12-15-13-25(11-10-20(22)26)18-8-4-2-6-16(15)18/h2,4,6,8,13-14,23H,3,5,7,9-12H2,1H3,(H2,22,26)/t14-/m1/s1. The number of primary amides is 1. The van der Waals surface area contributed by atoms with Gasteiger partial charge in [0, 0.05) is 41.5 Å². The summed E-state index contributed by atoms with van der Waals surface area (Å²) < 4.78 is 2.13. The van der Waals surface area contributed by atoms with Crippen molar-refractivity contribution in [2.75, 3.05) is 0 Å². The van der Waals surface area contributed by atoms with Crippen molar-refractivity contribution in [1.29, 1.82) is 0 Å². The lowest BCUT2D eigenvalue weighted by Gasteiger charge is -2.10. The first-order valence-electron chi connectivity index (χ1n) is 9.68. The molecule has 1 atom stereocenters. The van der Waals surface area contributed by atoms with Gasteiger partial charge in [0.15, 0.2) is 0 Å². The van der Waals surface area contributed by atoms with Crippen LogP contribution in [0.15, 0.2) is 30.5 Å². The Hall–Kier alpha value is -2.18. The van der Waals surface area contributed by atoms with Crippen LogP contribution in [0.2, 0.25) is 0 Å². The van der Waals surface area contributed by atoms with Crippen LogP contribution >= 0.6 is 11.3 Å². The molecule has 1 aliphatic carbocycles. The molecule has 1 aromatic carbocycles. The number of aromatic nitrogens is 2. The van der Waals surface area contributed by atoms with Crippen molar-refractivity contribution < 1.29 is 4.79 Å². The van der Waals surface area contributed by atoms with Crippen LogP contribution in [-0.2, 0) is 30.7 Å². The molecule has 3 N–H and O–H groups in total. The molecule has 2 aromatic heterocycles. The molecule has 0 saturated carbocycles. The zero-order valence-corrected chi connectivity index (χ0v) is 16.5. The molecule has 27 heavy (non-hydrogen) atoms. The summed E-state index contributed by atoms with van der Waals surface area (Å²) in [6.07, 6.45) is 7.37. The van der Waals surface area contributed by atoms with Gasteiger partial charge >= 0.3 is 0 Å². The molecular formula is C21H26N4OS. The van der Waals surface area contributed by atoms with Crippen molar-refractivity contribution in [2.24, 2.45) is 5.73 Å². The van der Waals surface area contributed by atoms with Crippen molar-refractivity contribution in [3.05, 3.63) is 51.6 Å². The van der Waals surface area contributed by atoms with Gasteiger partial charge in [-0.05, 0) is 44.2 Å². The molecule has 0 aliphatic heterocycles. The molecule has 0 unspecified atom stereocenters. The van der Waals surface area contributed by atoms with E-state index >= 15 is 0 Å². The minimum atomic E-state index is -0.270. The highest BCUT2D eigenvalue weighted by atomic mass is 32.1. The number of carbonyl (C=O) groups is 1. The van der Waals surface area contributed by atoms with Gasteiger partial charge < -0.3 is 15.6 Å². The number of hydrogen-bond donors (Lipinski definition) is 2. The zero-order chi connectivity index (χ0) is 18.8. The lowest BCUT2D eigenvalue weighted by Crippen LogP contribution is -2.18. The first-order chi connectivity index (χ1) is 13.1. The minimum absolute atomic E-state index is 0.230. The summed E-state index contributed by atoms with van der Waals surface area (Å²) in [5.74, 6) is -0.270. The van der Waals surface area contributed by atoms with E-state index in [2.05, 4.69) is 41.2 Å². The van der Waals surface area contributed by atoms with Gasteiger partial charge in [-0.2, -0.15) is 0 Å². The average molecular weight is 383 g/mol. The SMILES string of the molecule is C[C@@H](NCc1cn(CCC(N)=O)c2ccccc12)c1nc2c(s1)CCCC2. The summed E-state index contributed by atoms with van der Waals surface area (Å²) in [6.45, 7) is 3.58. The Morgan fingerprint density at radius 3 is 2.96 bits per heavy atom. The van der Waals surface area contributed by atoms with E-state index in [1.54, 1.807) is 0 Å². The summed E-state index contributed by atoms with van der Waals surface area (Å²) >= 11 is 1.87. The molecule has 0 radical (unpaired) electrons. The fraction of sp³-hybridized carbons (Fsp3) is 0.429. The molecule has 142 valence electrons. The van der Waals surface area contributed by atoms with Gasteiger partial charge in [0.2, 0.25) is 5.91 Å². The number of hydrogen-bond acceptors (Lipinski definition) is 4. The Balaban J connectivity index is 1.49. The molecule has 0 fully saturated rings. The van der Waals surface area contributed by atoms with E-state index in [4.69, 9.17) is 10.7 Å². The highest BCUT2D eigenvalue weighted by Crippen LogP contribution is 2.30. The predicted octanol–water partition coefficient (Wildman–Crippen LogP) is 3.70. The van der Waals surface area contributed by atoms with E-state index in [0.717, 1.165) is 18.5 Å². The van der Waals surface area contributed by atoms with E-state index in [-0.39, 0.29) is 11.9 Å². The van der Waals surface area contributed by atoms with Gasteiger partial charge in [0.25, 0.3) is 0 Å². The number of nitrogens with zero attached hydrogens (tertiary/aromatic N) is 2. The third-order valence-corrected chi connectivity index (χ3v) is 6.64. The second-order valence-electron chi connectivity index (χ2n) is 7.31. The molecule has 3 aromatic rings. The van der Waals surface area contributed by atoms with Gasteiger partial charge in [-0.3, -0.25) is 4.79 Å². The number of fused-ring (bicyclic) bond motifs is 2. The second-order valence-corrected chi connectivity index (χ2v) is 8.43. The predicted molar refractivity (Wildman–Crippen MR) is 110 cm³/mol. The minimum Gasteiger partial charge on any atom is -0.370 e. The van der Waals surface area contributed by atoms with Gasteiger partial charge in [-0.1, -0.05) is 18.2 Å². The van der Waals surface area contributed by atoms with Crippen molar-refractivity contribution in [3.63, 3.8) is 0 Å². The number of nitrogens with one attached hydrogen (secondary N) is 1. The lowest BCUT2D eigenvalue weighted by molar-refractivity contribution is -0.118. The first kappa shape index (κ1) is 18.2. The van der Waals surface area contributed by atoms with Crippen molar-refractivity contribution in [1.82, 2.24) is 14.9 Å². The largest absolute Gasteiger partial charge is 0.370 e. The quantitative estimate of drug-likeness (QED) is 0.654. The average Bonchev–Trinajstić information content (AvgIpc) is 3.26. The van der Waals surface area contributed by atoms with Crippen molar-refractivity contribution in [3.8, 4) is 0 Å². The molecule has 4 rings (SSSR count). The van der Waals surface area contributed by atoms with Gasteiger partial charge in [0.05, 0.1) is 11.7 Å². The summed E-state index contributed by atoms with van der Waals surface area (Å²) in [5.41, 5.74) is 9.03. The Bertz CT molecular complexity index is 935. The fourth-order valence-electron chi connectivity index (χ4n) is 3.79. The maximum absolute atomic E-state index is 11.2. The monoisotopic (exact) mass is 382 g/mol. The Labute approximate surface area is 163 Å². The summed E-state index contributed by atoms with van der Waals surface area (Å²) in [6, 6.07) is 8.55. The van der Waals surface area contributed by atoms with Crippen LogP contribution in [0, 0.1) is 0 Å². The number of para-hydroxylation sites is 1. The summed E-state index contributed by atoms with van der Waals surface area (Å²) in [7, 11) is 0. The van der Waals surface area contributed by atoms with Crippen molar-refractivity contribution >= 4 is 28.1 Å². The molecule has 0 spiro atoms. The van der Waals surface area contributed by atoms with E-state index < -0.39 is 0 Å². The maximum Gasteiger partial charge on any atom is 0.219 e. The molecule has 1 aliphatic rings. The van der Waals surface area contributed by atoms with E-state index in [9.17, 15) is 4.79 Å². The molecule has 0 saturated heterocycles. The van der Waals surface area contributed by atoms with E-state index in [1.807, 2.05) is 17.4 Å². The summed E-state index contributed by atoms with van der Waals surface area (Å²) in [5, 5.41) is 6.05. The highest BCUT2D eigenvalue weighted by Gasteiger charge is 2.18. The maximum atomic E-state index is 11.2. The van der Waals surface area contributed by atoms with Crippen LogP contribution in [-0.4, -0.2) is 15.5 Å². The third-order valence-electron chi connectivity index (χ3n) is 5.30. The van der Waals surface area contributed by atoms with Crippen molar-refractivity contribution in [2.45, 2.75) is 58.2 Å². The molecule has 2 heterocycles. The van der Waals surface area contributed by atoms with Gasteiger partial charge in [0.1, 0.15) is 5.01 Å². The molecule has 1 amide bonds. The fourth-order valence-corrected chi connectivity index (χ4v) is 4.97. The smallest absolute Gasteiger partial charge is 0.219 e. The summed E-state index contributed by atoms with van der Waals surface area (Å²) in [4.78, 5) is 17.5. The van der Waals surface area contributed by atoms with Crippen LogP contribution in [0.5, 0.6) is 0 Å². The van der Waals surface area contributed by atoms with Crippen LogP contribution in [0.25, 0.3) is 10.9 Å². The number of aryl methyl sites for hydroxylation is 3. The molecule has 0 bridgehead atoms. The number of nitrogens with two attached hydrogens (primary N) is 1. The van der Waals surface area contributed by atoms with E-state index in [1.165, 1.54) is 45.8 Å². The second kappa shape index (κ2) is 7.82. The number of rotatable bonds is 7. The van der Waals surface area contributed by atoms with Gasteiger partial charge in [-0.25, -0.2) is 4.98 Å². The Kier molecular flexibility index (Phi) is 5.27. The third kappa shape index (κ3) is 3.92. The zero-order valence-electron chi connectivity index (χ0n) is 15.7. The van der Waals surface area contributed by atoms with Crippen LogP contribution in [0.1, 0.15) is 53.4 Å².